The molecule has 0 radical (unpaired) electrons. The van der Waals surface area contributed by atoms with Crippen LogP contribution >= 0.6 is 11.3 Å². The maximum Gasteiger partial charge on any atom is 0.0519 e. The smallest absolute Gasteiger partial charge is 0.0519 e. The van der Waals surface area contributed by atoms with Crippen molar-refractivity contribution in [2.24, 2.45) is 5.73 Å². The van der Waals surface area contributed by atoms with Crippen LogP contribution in [0.4, 0.5) is 0 Å². The summed E-state index contributed by atoms with van der Waals surface area (Å²) in [5.74, 6) is 0. The molecule has 1 heterocycles. The van der Waals surface area contributed by atoms with Crippen LogP contribution in [0.15, 0.2) is 17.5 Å². The van der Waals surface area contributed by atoms with E-state index in [0.717, 1.165) is 13.1 Å². The normalized spacial score (nSPS) is 13.3. The second-order valence-corrected chi connectivity index (χ2v) is 4.85. The minimum absolute atomic E-state index is 0.182. The van der Waals surface area contributed by atoms with Crippen molar-refractivity contribution in [1.82, 2.24) is 4.90 Å². The Kier molecular flexibility index (Phi) is 5.91. The molecule has 0 aliphatic rings. The van der Waals surface area contributed by atoms with Gasteiger partial charge in [-0.05, 0) is 31.0 Å². The third kappa shape index (κ3) is 4.33. The highest BCUT2D eigenvalue weighted by atomic mass is 32.1. The van der Waals surface area contributed by atoms with Gasteiger partial charge in [0.1, 0.15) is 0 Å². The molecule has 0 saturated carbocycles. The van der Waals surface area contributed by atoms with Gasteiger partial charge in [-0.3, -0.25) is 0 Å². The van der Waals surface area contributed by atoms with Crippen molar-refractivity contribution in [2.75, 3.05) is 19.6 Å². The van der Waals surface area contributed by atoms with Crippen LogP contribution < -0.4 is 5.73 Å². The number of rotatable bonds is 7. The van der Waals surface area contributed by atoms with Gasteiger partial charge >= 0.3 is 0 Å². The fraction of sp³-hybridized carbons (Fsp3) is 0.667. The standard InChI is InChI=1S/C12H22N2S/c1-3-5-8-14(4-2)10-11(13)12-7-6-9-15-12/h6-7,9,11H,3-5,8,10,13H2,1-2H3. The number of hydrogen-bond donors (Lipinski definition) is 1. The third-order valence-electron chi connectivity index (χ3n) is 2.64. The topological polar surface area (TPSA) is 29.3 Å². The summed E-state index contributed by atoms with van der Waals surface area (Å²) in [4.78, 5) is 3.73. The first-order valence-electron chi connectivity index (χ1n) is 5.79. The Hall–Kier alpha value is -0.380. The number of unbranched alkanes of at least 4 members (excludes halogenated alkanes) is 1. The molecule has 0 aliphatic heterocycles. The molecule has 1 rings (SSSR count). The van der Waals surface area contributed by atoms with Crippen molar-refractivity contribution in [3.8, 4) is 0 Å². The Morgan fingerprint density at radius 1 is 1.47 bits per heavy atom. The van der Waals surface area contributed by atoms with Crippen LogP contribution in [0.5, 0.6) is 0 Å². The van der Waals surface area contributed by atoms with Crippen molar-refractivity contribution in [2.45, 2.75) is 32.7 Å². The van der Waals surface area contributed by atoms with E-state index in [9.17, 15) is 0 Å². The van der Waals surface area contributed by atoms with E-state index in [0.29, 0.717) is 0 Å². The molecule has 1 atom stereocenters. The van der Waals surface area contributed by atoms with Crippen LogP contribution in [-0.2, 0) is 0 Å². The van der Waals surface area contributed by atoms with Crippen LogP contribution in [0, 0.1) is 0 Å². The molecule has 0 bridgehead atoms. The van der Waals surface area contributed by atoms with E-state index >= 15 is 0 Å². The molecule has 0 aliphatic carbocycles. The maximum absolute atomic E-state index is 6.16. The summed E-state index contributed by atoms with van der Waals surface area (Å²) in [5.41, 5.74) is 6.16. The molecular formula is C12H22N2S. The second-order valence-electron chi connectivity index (χ2n) is 3.87. The molecule has 0 spiro atoms. The predicted molar refractivity (Wildman–Crippen MR) is 68.3 cm³/mol. The van der Waals surface area contributed by atoms with Gasteiger partial charge in [-0.2, -0.15) is 0 Å². The molecule has 3 heteroatoms. The number of thiophene rings is 1. The molecule has 15 heavy (non-hydrogen) atoms. The van der Waals surface area contributed by atoms with Crippen LogP contribution in [0.1, 0.15) is 37.6 Å². The van der Waals surface area contributed by atoms with Crippen molar-refractivity contribution in [1.29, 1.82) is 0 Å². The van der Waals surface area contributed by atoms with Gasteiger partial charge < -0.3 is 10.6 Å². The molecule has 0 amide bonds. The van der Waals surface area contributed by atoms with Crippen molar-refractivity contribution in [3.63, 3.8) is 0 Å². The molecule has 1 aromatic rings. The molecule has 2 N–H and O–H groups in total. The Bertz CT molecular complexity index is 246. The molecule has 0 fully saturated rings. The predicted octanol–water partition coefficient (Wildman–Crippen LogP) is 2.87. The first-order valence-corrected chi connectivity index (χ1v) is 6.67. The Balaban J connectivity index is 2.37. The zero-order valence-electron chi connectivity index (χ0n) is 9.78. The number of likely N-dealkylation sites (N-methyl/N-ethyl adjacent to an activating group) is 1. The van der Waals surface area contributed by atoms with Gasteiger partial charge in [0.25, 0.3) is 0 Å². The highest BCUT2D eigenvalue weighted by Crippen LogP contribution is 2.17. The van der Waals surface area contributed by atoms with Gasteiger partial charge in [0, 0.05) is 11.4 Å². The zero-order chi connectivity index (χ0) is 11.1. The summed E-state index contributed by atoms with van der Waals surface area (Å²) in [6, 6.07) is 4.38. The number of hydrogen-bond acceptors (Lipinski definition) is 3. The first-order chi connectivity index (χ1) is 7.27. The van der Waals surface area contributed by atoms with E-state index in [2.05, 4.69) is 36.3 Å². The van der Waals surface area contributed by atoms with Gasteiger partial charge in [-0.15, -0.1) is 11.3 Å². The molecule has 1 unspecified atom stereocenters. The number of nitrogens with two attached hydrogens (primary N) is 1. The maximum atomic E-state index is 6.16. The van der Waals surface area contributed by atoms with Gasteiger partial charge in [0.05, 0.1) is 6.04 Å². The summed E-state index contributed by atoms with van der Waals surface area (Å²) in [6.07, 6.45) is 2.52. The quantitative estimate of drug-likeness (QED) is 0.774. The monoisotopic (exact) mass is 226 g/mol. The van der Waals surface area contributed by atoms with Gasteiger partial charge in [-0.1, -0.05) is 26.3 Å². The van der Waals surface area contributed by atoms with Gasteiger partial charge in [0.15, 0.2) is 0 Å². The van der Waals surface area contributed by atoms with E-state index in [-0.39, 0.29) is 6.04 Å². The first kappa shape index (κ1) is 12.7. The highest BCUT2D eigenvalue weighted by Gasteiger charge is 2.11. The lowest BCUT2D eigenvalue weighted by molar-refractivity contribution is 0.267. The minimum atomic E-state index is 0.182. The van der Waals surface area contributed by atoms with E-state index < -0.39 is 0 Å². The fourth-order valence-corrected chi connectivity index (χ4v) is 2.35. The minimum Gasteiger partial charge on any atom is -0.322 e. The van der Waals surface area contributed by atoms with Crippen molar-refractivity contribution < 1.29 is 0 Å². The molecule has 0 saturated heterocycles. The van der Waals surface area contributed by atoms with Crippen molar-refractivity contribution in [3.05, 3.63) is 22.4 Å². The lowest BCUT2D eigenvalue weighted by atomic mass is 10.2. The van der Waals surface area contributed by atoms with Crippen LogP contribution in [0.25, 0.3) is 0 Å². The third-order valence-corrected chi connectivity index (χ3v) is 3.64. The summed E-state index contributed by atoms with van der Waals surface area (Å²) in [6.45, 7) is 7.69. The lowest BCUT2D eigenvalue weighted by Gasteiger charge is -2.23. The van der Waals surface area contributed by atoms with Crippen LogP contribution in [0.3, 0.4) is 0 Å². The SMILES string of the molecule is CCCCN(CC)CC(N)c1cccs1. The zero-order valence-corrected chi connectivity index (χ0v) is 10.6. The van der Waals surface area contributed by atoms with E-state index in [4.69, 9.17) is 5.73 Å². The molecule has 2 nitrogen and oxygen atoms in total. The van der Waals surface area contributed by atoms with Gasteiger partial charge in [-0.25, -0.2) is 0 Å². The highest BCUT2D eigenvalue weighted by molar-refractivity contribution is 7.10. The summed E-state index contributed by atoms with van der Waals surface area (Å²) < 4.78 is 0. The number of nitrogens with zero attached hydrogens (tertiary/aromatic N) is 1. The average Bonchev–Trinajstić information content (AvgIpc) is 2.77. The lowest BCUT2D eigenvalue weighted by Crippen LogP contribution is -2.32. The average molecular weight is 226 g/mol. The van der Waals surface area contributed by atoms with Crippen LogP contribution in [0.2, 0.25) is 0 Å². The largest absolute Gasteiger partial charge is 0.322 e. The fourth-order valence-electron chi connectivity index (χ4n) is 1.63. The summed E-state index contributed by atoms with van der Waals surface area (Å²) >= 11 is 1.76. The van der Waals surface area contributed by atoms with Crippen molar-refractivity contribution >= 4 is 11.3 Å². The van der Waals surface area contributed by atoms with Gasteiger partial charge in [0.2, 0.25) is 0 Å². The van der Waals surface area contributed by atoms with E-state index in [1.807, 2.05) is 0 Å². The molecule has 1 aromatic heterocycles. The summed E-state index contributed by atoms with van der Waals surface area (Å²) in [7, 11) is 0. The van der Waals surface area contributed by atoms with Crippen LogP contribution in [-0.4, -0.2) is 24.5 Å². The summed E-state index contributed by atoms with van der Waals surface area (Å²) in [5, 5.41) is 2.09. The Morgan fingerprint density at radius 3 is 2.80 bits per heavy atom. The molecule has 0 aromatic carbocycles. The van der Waals surface area contributed by atoms with E-state index in [1.165, 1.54) is 24.3 Å². The Labute approximate surface area is 97.1 Å². The Morgan fingerprint density at radius 2 is 2.27 bits per heavy atom. The molecule has 86 valence electrons. The van der Waals surface area contributed by atoms with E-state index in [1.54, 1.807) is 11.3 Å². The molecular weight excluding hydrogens is 204 g/mol. The second kappa shape index (κ2) is 6.99.